The summed E-state index contributed by atoms with van der Waals surface area (Å²) in [7, 11) is 1.67. The molecule has 2 aromatic carbocycles. The average molecular weight is 380 g/mol. The van der Waals surface area contributed by atoms with Gasteiger partial charge in [0.15, 0.2) is 5.11 Å². The van der Waals surface area contributed by atoms with Crippen LogP contribution in [-0.2, 0) is 6.42 Å². The first-order valence-corrected chi connectivity index (χ1v) is 8.01. The van der Waals surface area contributed by atoms with Crippen molar-refractivity contribution in [2.24, 2.45) is 0 Å². The van der Waals surface area contributed by atoms with Crippen molar-refractivity contribution in [2.75, 3.05) is 24.7 Å². The molecule has 2 aromatic rings. The minimum atomic E-state index is 0.582. The van der Waals surface area contributed by atoms with Crippen LogP contribution in [0.5, 0.6) is 5.75 Å². The highest BCUT2D eigenvalue weighted by Gasteiger charge is 2.04. The Morgan fingerprint density at radius 2 is 1.95 bits per heavy atom. The predicted octanol–water partition coefficient (Wildman–Crippen LogP) is 3.57. The summed E-state index contributed by atoms with van der Waals surface area (Å²) in [6.07, 6.45) is 0.812. The van der Waals surface area contributed by atoms with Crippen LogP contribution in [0.1, 0.15) is 5.56 Å². The Hall–Kier alpha value is -1.79. The van der Waals surface area contributed by atoms with Gasteiger partial charge in [0.25, 0.3) is 0 Å². The molecule has 0 atom stereocenters. The molecule has 0 aromatic heterocycles. The van der Waals surface area contributed by atoms with Gasteiger partial charge >= 0.3 is 0 Å². The SMILES string of the molecule is COc1ccc(Br)cc1CCNC(=S)Nc1ccc(N)cc1. The van der Waals surface area contributed by atoms with Gasteiger partial charge in [0.2, 0.25) is 0 Å². The molecule has 0 amide bonds. The van der Waals surface area contributed by atoms with E-state index < -0.39 is 0 Å². The van der Waals surface area contributed by atoms with Crippen LogP contribution in [0.2, 0.25) is 0 Å². The molecule has 0 heterocycles. The second kappa shape index (κ2) is 8.00. The number of nitrogens with one attached hydrogen (secondary N) is 2. The van der Waals surface area contributed by atoms with Gasteiger partial charge in [0.1, 0.15) is 5.75 Å². The van der Waals surface area contributed by atoms with Gasteiger partial charge in [0, 0.05) is 22.4 Å². The van der Waals surface area contributed by atoms with Crippen molar-refractivity contribution in [3.63, 3.8) is 0 Å². The summed E-state index contributed by atoms with van der Waals surface area (Å²) in [5.74, 6) is 0.877. The molecule has 116 valence electrons. The molecule has 2 rings (SSSR count). The molecule has 0 aliphatic rings. The van der Waals surface area contributed by atoms with E-state index in [1.807, 2.05) is 36.4 Å². The molecule has 4 N–H and O–H groups in total. The molecule has 0 saturated heterocycles. The van der Waals surface area contributed by atoms with E-state index in [2.05, 4.69) is 32.6 Å². The molecule has 0 aliphatic carbocycles. The molecule has 0 fully saturated rings. The van der Waals surface area contributed by atoms with Crippen LogP contribution in [0.15, 0.2) is 46.9 Å². The van der Waals surface area contributed by atoms with Crippen molar-refractivity contribution >= 4 is 44.6 Å². The number of nitrogens with two attached hydrogens (primary N) is 1. The van der Waals surface area contributed by atoms with Crippen molar-refractivity contribution in [1.82, 2.24) is 5.32 Å². The second-order valence-corrected chi connectivity index (χ2v) is 6.03. The summed E-state index contributed by atoms with van der Waals surface area (Å²) >= 11 is 8.75. The van der Waals surface area contributed by atoms with Gasteiger partial charge in [-0.3, -0.25) is 0 Å². The zero-order chi connectivity index (χ0) is 15.9. The Morgan fingerprint density at radius 1 is 1.23 bits per heavy atom. The average Bonchev–Trinajstić information content (AvgIpc) is 2.50. The van der Waals surface area contributed by atoms with Crippen molar-refractivity contribution in [3.8, 4) is 5.75 Å². The molecule has 0 bridgehead atoms. The molecule has 22 heavy (non-hydrogen) atoms. The summed E-state index contributed by atoms with van der Waals surface area (Å²) in [5.41, 5.74) is 8.41. The van der Waals surface area contributed by atoms with Gasteiger partial charge in [-0.25, -0.2) is 0 Å². The first-order chi connectivity index (χ1) is 10.6. The van der Waals surface area contributed by atoms with Gasteiger partial charge in [-0.1, -0.05) is 15.9 Å². The Bertz CT molecular complexity index is 646. The smallest absolute Gasteiger partial charge is 0.170 e. The minimum absolute atomic E-state index is 0.582. The number of halogens is 1. The summed E-state index contributed by atoms with van der Waals surface area (Å²) in [6.45, 7) is 0.716. The number of rotatable bonds is 5. The molecular formula is C16H18BrN3OS. The van der Waals surface area contributed by atoms with Gasteiger partial charge in [-0.2, -0.15) is 0 Å². The fourth-order valence-electron chi connectivity index (χ4n) is 1.99. The normalized spacial score (nSPS) is 10.1. The monoisotopic (exact) mass is 379 g/mol. The van der Waals surface area contributed by atoms with Crippen LogP contribution in [-0.4, -0.2) is 18.8 Å². The molecule has 0 radical (unpaired) electrons. The van der Waals surface area contributed by atoms with Crippen LogP contribution in [0.4, 0.5) is 11.4 Å². The lowest BCUT2D eigenvalue weighted by atomic mass is 10.1. The molecule has 4 nitrogen and oxygen atoms in total. The Labute approximate surface area is 144 Å². The minimum Gasteiger partial charge on any atom is -0.496 e. The largest absolute Gasteiger partial charge is 0.496 e. The third-order valence-corrected chi connectivity index (χ3v) is 3.83. The van der Waals surface area contributed by atoms with Crippen LogP contribution in [0.25, 0.3) is 0 Å². The maximum Gasteiger partial charge on any atom is 0.170 e. The zero-order valence-electron chi connectivity index (χ0n) is 12.2. The van der Waals surface area contributed by atoms with Gasteiger partial charge in [0.05, 0.1) is 7.11 Å². The van der Waals surface area contributed by atoms with E-state index in [9.17, 15) is 0 Å². The van der Waals surface area contributed by atoms with E-state index in [1.54, 1.807) is 7.11 Å². The van der Waals surface area contributed by atoms with Gasteiger partial charge < -0.3 is 21.1 Å². The molecule has 6 heteroatoms. The first kappa shape index (κ1) is 16.6. The molecule has 0 unspecified atom stereocenters. The summed E-state index contributed by atoms with van der Waals surface area (Å²) in [6, 6.07) is 13.4. The molecule has 0 aliphatic heterocycles. The third kappa shape index (κ3) is 4.89. The lowest BCUT2D eigenvalue weighted by Crippen LogP contribution is -2.30. The zero-order valence-corrected chi connectivity index (χ0v) is 14.6. The fraction of sp³-hybridized carbons (Fsp3) is 0.188. The Kier molecular flexibility index (Phi) is 6.03. The number of methoxy groups -OCH3 is 1. The number of benzene rings is 2. The molecule has 0 spiro atoms. The Morgan fingerprint density at radius 3 is 2.64 bits per heavy atom. The quantitative estimate of drug-likeness (QED) is 0.547. The fourth-order valence-corrected chi connectivity index (χ4v) is 2.62. The van der Waals surface area contributed by atoms with Crippen LogP contribution < -0.4 is 21.1 Å². The highest BCUT2D eigenvalue weighted by molar-refractivity contribution is 9.10. The standard InChI is InChI=1S/C16H18BrN3OS/c1-21-15-7-2-12(17)10-11(15)8-9-19-16(22)20-14-5-3-13(18)4-6-14/h2-7,10H,8-9,18H2,1H3,(H2,19,20,22). The second-order valence-electron chi connectivity index (χ2n) is 4.71. The predicted molar refractivity (Wildman–Crippen MR) is 99.5 cm³/mol. The van der Waals surface area contributed by atoms with E-state index in [1.165, 1.54) is 0 Å². The number of anilines is 2. The highest BCUT2D eigenvalue weighted by atomic mass is 79.9. The summed E-state index contributed by atoms with van der Waals surface area (Å²) < 4.78 is 6.39. The van der Waals surface area contributed by atoms with Crippen molar-refractivity contribution in [1.29, 1.82) is 0 Å². The van der Waals surface area contributed by atoms with E-state index in [0.29, 0.717) is 11.7 Å². The maximum absolute atomic E-state index is 5.65. The van der Waals surface area contributed by atoms with Gasteiger partial charge in [-0.15, -0.1) is 0 Å². The third-order valence-electron chi connectivity index (χ3n) is 3.09. The first-order valence-electron chi connectivity index (χ1n) is 6.81. The van der Waals surface area contributed by atoms with Crippen molar-refractivity contribution in [2.45, 2.75) is 6.42 Å². The number of nitrogen functional groups attached to an aromatic ring is 1. The Balaban J connectivity index is 1.84. The van der Waals surface area contributed by atoms with E-state index in [-0.39, 0.29) is 0 Å². The number of thiocarbonyl (C=S) groups is 1. The van der Waals surface area contributed by atoms with E-state index in [4.69, 9.17) is 22.7 Å². The van der Waals surface area contributed by atoms with Crippen molar-refractivity contribution < 1.29 is 4.74 Å². The van der Waals surface area contributed by atoms with E-state index >= 15 is 0 Å². The molecular weight excluding hydrogens is 362 g/mol. The van der Waals surface area contributed by atoms with Crippen LogP contribution in [0, 0.1) is 0 Å². The van der Waals surface area contributed by atoms with Crippen molar-refractivity contribution in [3.05, 3.63) is 52.5 Å². The van der Waals surface area contributed by atoms with Crippen LogP contribution in [0.3, 0.4) is 0 Å². The topological polar surface area (TPSA) is 59.3 Å². The number of hydrogen-bond acceptors (Lipinski definition) is 3. The summed E-state index contributed by atoms with van der Waals surface area (Å²) in [4.78, 5) is 0. The van der Waals surface area contributed by atoms with E-state index in [0.717, 1.165) is 33.6 Å². The van der Waals surface area contributed by atoms with Gasteiger partial charge in [-0.05, 0) is 66.7 Å². The van der Waals surface area contributed by atoms with Crippen LogP contribution >= 0.6 is 28.1 Å². The number of hydrogen-bond donors (Lipinski definition) is 3. The maximum atomic E-state index is 5.65. The number of ether oxygens (including phenoxy) is 1. The lowest BCUT2D eigenvalue weighted by molar-refractivity contribution is 0.409. The highest BCUT2D eigenvalue weighted by Crippen LogP contribution is 2.23. The summed E-state index contributed by atoms with van der Waals surface area (Å²) in [5, 5.41) is 6.89. The molecule has 0 saturated carbocycles. The lowest BCUT2D eigenvalue weighted by Gasteiger charge is -2.12.